The largest absolute Gasteiger partial charge is 0.374 e. The van der Waals surface area contributed by atoms with Gasteiger partial charge in [-0.15, -0.1) is 0 Å². The fourth-order valence-corrected chi connectivity index (χ4v) is 3.11. The van der Waals surface area contributed by atoms with E-state index in [1.165, 1.54) is 24.8 Å². The zero-order valence-electron chi connectivity index (χ0n) is 10.7. The predicted molar refractivity (Wildman–Crippen MR) is 71.7 cm³/mol. The molecule has 2 atom stereocenters. The average molecular weight is 247 g/mol. The van der Waals surface area contributed by atoms with Gasteiger partial charge in [-0.25, -0.2) is 4.98 Å². The molecule has 2 aliphatic rings. The third-order valence-electron chi connectivity index (χ3n) is 4.02. The summed E-state index contributed by atoms with van der Waals surface area (Å²) in [5.74, 6) is 1.09. The summed E-state index contributed by atoms with van der Waals surface area (Å²) in [7, 11) is 0. The highest BCUT2D eigenvalue weighted by molar-refractivity contribution is 5.42. The van der Waals surface area contributed by atoms with Crippen molar-refractivity contribution in [2.75, 3.05) is 24.6 Å². The Hall–Kier alpha value is -1.13. The maximum Gasteiger partial charge on any atom is 0.128 e. The molecule has 3 rings (SSSR count). The van der Waals surface area contributed by atoms with E-state index in [1.54, 1.807) is 0 Å². The first kappa shape index (κ1) is 11.9. The van der Waals surface area contributed by atoms with Crippen LogP contribution < -0.4 is 10.6 Å². The molecule has 4 nitrogen and oxygen atoms in total. The van der Waals surface area contributed by atoms with Crippen LogP contribution in [0.2, 0.25) is 0 Å². The maximum absolute atomic E-state index is 5.83. The molecule has 98 valence electrons. The number of hydrogen-bond acceptors (Lipinski definition) is 4. The first-order valence-corrected chi connectivity index (χ1v) is 6.92. The molecule has 1 saturated carbocycles. The lowest BCUT2D eigenvalue weighted by atomic mass is 10.1. The summed E-state index contributed by atoms with van der Waals surface area (Å²) < 4.78 is 5.83. The van der Waals surface area contributed by atoms with Gasteiger partial charge in [-0.1, -0.05) is 6.07 Å². The van der Waals surface area contributed by atoms with Gasteiger partial charge >= 0.3 is 0 Å². The molecule has 0 spiro atoms. The number of aromatic nitrogens is 1. The highest BCUT2D eigenvalue weighted by Crippen LogP contribution is 2.32. The number of hydrogen-bond donors (Lipinski definition) is 1. The van der Waals surface area contributed by atoms with Crippen LogP contribution in [0.15, 0.2) is 18.3 Å². The number of rotatable bonds is 3. The molecule has 4 heteroatoms. The Morgan fingerprint density at radius 1 is 1.39 bits per heavy atom. The summed E-state index contributed by atoms with van der Waals surface area (Å²) in [6.45, 7) is 2.47. The lowest BCUT2D eigenvalue weighted by Crippen LogP contribution is -2.49. The molecule has 2 N–H and O–H groups in total. The molecular formula is C14H21N3O. The minimum Gasteiger partial charge on any atom is -0.374 e. The van der Waals surface area contributed by atoms with Crippen molar-refractivity contribution >= 4 is 5.82 Å². The standard InChI is InChI=1S/C14H21N3O/c15-7-6-11-4-5-14(16-10-11)17-8-9-18-13-3-1-2-12(13)17/h4-5,10,12-13H,1-3,6-9,15H2. The van der Waals surface area contributed by atoms with Gasteiger partial charge in [0, 0.05) is 12.7 Å². The van der Waals surface area contributed by atoms with E-state index in [0.717, 1.165) is 25.4 Å². The average Bonchev–Trinajstić information content (AvgIpc) is 2.88. The van der Waals surface area contributed by atoms with Crippen molar-refractivity contribution in [3.8, 4) is 0 Å². The summed E-state index contributed by atoms with van der Waals surface area (Å²) in [6.07, 6.45) is 6.99. The molecule has 0 amide bonds. The molecule has 1 aliphatic carbocycles. The fourth-order valence-electron chi connectivity index (χ4n) is 3.11. The number of nitrogens with zero attached hydrogens (tertiary/aromatic N) is 2. The Kier molecular flexibility index (Phi) is 3.48. The van der Waals surface area contributed by atoms with E-state index in [1.807, 2.05) is 6.20 Å². The molecule has 2 heterocycles. The Labute approximate surface area is 108 Å². The molecule has 0 bridgehead atoms. The van der Waals surface area contributed by atoms with Gasteiger partial charge in [-0.2, -0.15) is 0 Å². The summed E-state index contributed by atoms with van der Waals surface area (Å²) >= 11 is 0. The van der Waals surface area contributed by atoms with Crippen LogP contribution in [0.5, 0.6) is 0 Å². The van der Waals surface area contributed by atoms with Crippen LogP contribution >= 0.6 is 0 Å². The normalized spacial score (nSPS) is 27.3. The van der Waals surface area contributed by atoms with Crippen molar-refractivity contribution in [2.24, 2.45) is 5.73 Å². The monoisotopic (exact) mass is 247 g/mol. The van der Waals surface area contributed by atoms with Crippen LogP contribution in [0.4, 0.5) is 5.82 Å². The SMILES string of the molecule is NCCc1ccc(N2CCOC3CCCC32)nc1. The topological polar surface area (TPSA) is 51.4 Å². The lowest BCUT2D eigenvalue weighted by Gasteiger charge is -2.38. The summed E-state index contributed by atoms with van der Waals surface area (Å²) in [5.41, 5.74) is 6.78. The van der Waals surface area contributed by atoms with E-state index < -0.39 is 0 Å². The highest BCUT2D eigenvalue weighted by atomic mass is 16.5. The molecule has 1 saturated heterocycles. The van der Waals surface area contributed by atoms with Crippen molar-refractivity contribution in [3.05, 3.63) is 23.9 Å². The van der Waals surface area contributed by atoms with Gasteiger partial charge in [0.15, 0.2) is 0 Å². The van der Waals surface area contributed by atoms with E-state index in [-0.39, 0.29) is 0 Å². The summed E-state index contributed by atoms with van der Waals surface area (Å²) in [6, 6.07) is 4.81. The predicted octanol–water partition coefficient (Wildman–Crippen LogP) is 1.34. The third kappa shape index (κ3) is 2.22. The Morgan fingerprint density at radius 3 is 3.11 bits per heavy atom. The van der Waals surface area contributed by atoms with Crippen LogP contribution in [-0.4, -0.2) is 36.8 Å². The van der Waals surface area contributed by atoms with Crippen LogP contribution in [0.25, 0.3) is 0 Å². The van der Waals surface area contributed by atoms with Crippen LogP contribution in [0, 0.1) is 0 Å². The molecule has 0 radical (unpaired) electrons. The second-order valence-electron chi connectivity index (χ2n) is 5.16. The summed E-state index contributed by atoms with van der Waals surface area (Å²) in [4.78, 5) is 7.02. The number of fused-ring (bicyclic) bond motifs is 1. The summed E-state index contributed by atoms with van der Waals surface area (Å²) in [5, 5.41) is 0. The number of anilines is 1. The zero-order valence-corrected chi connectivity index (χ0v) is 10.7. The van der Waals surface area contributed by atoms with Gasteiger partial charge < -0.3 is 15.4 Å². The van der Waals surface area contributed by atoms with E-state index in [2.05, 4.69) is 22.0 Å². The van der Waals surface area contributed by atoms with E-state index >= 15 is 0 Å². The van der Waals surface area contributed by atoms with Crippen molar-refractivity contribution in [3.63, 3.8) is 0 Å². The van der Waals surface area contributed by atoms with Crippen molar-refractivity contribution in [1.82, 2.24) is 4.98 Å². The number of pyridine rings is 1. The molecule has 1 aliphatic heterocycles. The quantitative estimate of drug-likeness (QED) is 0.875. The van der Waals surface area contributed by atoms with E-state index in [4.69, 9.17) is 10.5 Å². The second-order valence-corrected chi connectivity index (χ2v) is 5.16. The first-order valence-electron chi connectivity index (χ1n) is 6.92. The maximum atomic E-state index is 5.83. The Balaban J connectivity index is 1.76. The fraction of sp³-hybridized carbons (Fsp3) is 0.643. The third-order valence-corrected chi connectivity index (χ3v) is 4.02. The second kappa shape index (κ2) is 5.24. The smallest absolute Gasteiger partial charge is 0.128 e. The van der Waals surface area contributed by atoms with Crippen LogP contribution in [0.3, 0.4) is 0 Å². The Bertz CT molecular complexity index is 393. The van der Waals surface area contributed by atoms with E-state index in [9.17, 15) is 0 Å². The van der Waals surface area contributed by atoms with Crippen LogP contribution in [0.1, 0.15) is 24.8 Å². The van der Waals surface area contributed by atoms with E-state index in [0.29, 0.717) is 18.7 Å². The highest BCUT2D eigenvalue weighted by Gasteiger charge is 2.36. The van der Waals surface area contributed by atoms with Crippen molar-refractivity contribution in [1.29, 1.82) is 0 Å². The molecular weight excluding hydrogens is 226 g/mol. The Morgan fingerprint density at radius 2 is 2.33 bits per heavy atom. The molecule has 18 heavy (non-hydrogen) atoms. The molecule has 2 fully saturated rings. The van der Waals surface area contributed by atoms with Gasteiger partial charge in [-0.05, 0) is 43.9 Å². The molecule has 2 unspecified atom stereocenters. The zero-order chi connectivity index (χ0) is 12.4. The van der Waals surface area contributed by atoms with Gasteiger partial charge in [0.1, 0.15) is 5.82 Å². The van der Waals surface area contributed by atoms with Gasteiger partial charge in [0.05, 0.1) is 18.8 Å². The number of morpholine rings is 1. The number of ether oxygens (including phenoxy) is 1. The van der Waals surface area contributed by atoms with Gasteiger partial charge in [0.25, 0.3) is 0 Å². The lowest BCUT2D eigenvalue weighted by molar-refractivity contribution is 0.0253. The van der Waals surface area contributed by atoms with Crippen molar-refractivity contribution in [2.45, 2.75) is 37.8 Å². The minimum absolute atomic E-state index is 0.421. The first-order chi connectivity index (χ1) is 8.88. The molecule has 1 aromatic rings. The number of nitrogens with two attached hydrogens (primary N) is 1. The minimum atomic E-state index is 0.421. The molecule has 1 aromatic heterocycles. The molecule has 0 aromatic carbocycles. The van der Waals surface area contributed by atoms with Gasteiger partial charge in [0.2, 0.25) is 0 Å². The van der Waals surface area contributed by atoms with Gasteiger partial charge in [-0.3, -0.25) is 0 Å². The van der Waals surface area contributed by atoms with Crippen molar-refractivity contribution < 1.29 is 4.74 Å². The van der Waals surface area contributed by atoms with Crippen LogP contribution in [-0.2, 0) is 11.2 Å².